The Kier molecular flexibility index (Phi) is 6.85. The second-order valence-corrected chi connectivity index (χ2v) is 6.74. The van der Waals surface area contributed by atoms with E-state index in [4.69, 9.17) is 10.5 Å². The molecule has 0 saturated carbocycles. The van der Waals surface area contributed by atoms with Crippen molar-refractivity contribution in [2.45, 2.75) is 52.5 Å². The van der Waals surface area contributed by atoms with E-state index < -0.39 is 0 Å². The van der Waals surface area contributed by atoms with Gasteiger partial charge in [-0.15, -0.1) is 0 Å². The molecule has 2 aromatic rings. The van der Waals surface area contributed by atoms with Gasteiger partial charge in [-0.05, 0) is 56.3 Å². The molecule has 4 nitrogen and oxygen atoms in total. The lowest BCUT2D eigenvalue weighted by molar-refractivity contribution is 0.415. The number of pyridine rings is 1. The van der Waals surface area contributed by atoms with Gasteiger partial charge in [0.15, 0.2) is 0 Å². The van der Waals surface area contributed by atoms with E-state index in [2.05, 4.69) is 43.2 Å². The topological polar surface area (TPSA) is 60.2 Å². The fourth-order valence-electron chi connectivity index (χ4n) is 2.97. The van der Waals surface area contributed by atoms with Crippen LogP contribution in [0.4, 0.5) is 5.69 Å². The number of hydrogen-bond acceptors (Lipinski definition) is 4. The number of rotatable bonds is 9. The van der Waals surface area contributed by atoms with Crippen LogP contribution in [0.15, 0.2) is 24.4 Å². The van der Waals surface area contributed by atoms with E-state index in [1.54, 1.807) is 7.11 Å². The highest BCUT2D eigenvalue weighted by Crippen LogP contribution is 2.32. The molecule has 1 heterocycles. The minimum atomic E-state index is 0.351. The largest absolute Gasteiger partial charge is 0.497 e. The summed E-state index contributed by atoms with van der Waals surface area (Å²) in [6.07, 6.45) is 6.21. The summed E-state index contributed by atoms with van der Waals surface area (Å²) in [4.78, 5) is 4.64. The first-order valence-corrected chi connectivity index (χ1v) is 9.01. The lowest BCUT2D eigenvalue weighted by Gasteiger charge is -2.19. The van der Waals surface area contributed by atoms with E-state index in [0.29, 0.717) is 12.0 Å². The molecular weight excluding hydrogens is 298 g/mol. The highest BCUT2D eigenvalue weighted by atomic mass is 16.5. The SMILES string of the molecule is CCC(C)Cc1ccnc2c(NC(C)CCCN)cc(OC)cc12. The number of ether oxygens (including phenoxy) is 1. The predicted molar refractivity (Wildman–Crippen MR) is 103 cm³/mol. The van der Waals surface area contributed by atoms with Crippen molar-refractivity contribution >= 4 is 16.6 Å². The minimum absolute atomic E-state index is 0.351. The Balaban J connectivity index is 2.41. The van der Waals surface area contributed by atoms with Gasteiger partial charge >= 0.3 is 0 Å². The fourth-order valence-corrected chi connectivity index (χ4v) is 2.97. The first-order valence-electron chi connectivity index (χ1n) is 9.01. The molecule has 0 amide bonds. The number of anilines is 1. The number of methoxy groups -OCH3 is 1. The molecule has 3 N–H and O–H groups in total. The smallest absolute Gasteiger partial charge is 0.121 e. The average Bonchev–Trinajstić information content (AvgIpc) is 2.60. The van der Waals surface area contributed by atoms with Crippen molar-refractivity contribution in [1.82, 2.24) is 4.98 Å². The number of nitrogens with zero attached hydrogens (tertiary/aromatic N) is 1. The Morgan fingerprint density at radius 1 is 1.29 bits per heavy atom. The third kappa shape index (κ3) is 4.60. The molecule has 0 spiro atoms. The molecule has 1 aromatic carbocycles. The van der Waals surface area contributed by atoms with Gasteiger partial charge in [-0.2, -0.15) is 0 Å². The Hall–Kier alpha value is -1.81. The van der Waals surface area contributed by atoms with E-state index in [0.717, 1.165) is 42.8 Å². The molecule has 0 bridgehead atoms. The standard InChI is InChI=1S/C20H31N3O/c1-5-14(2)11-16-8-10-22-20-18(16)12-17(24-4)13-19(20)23-15(3)7-6-9-21/h8,10,12-15,23H,5-7,9,11,21H2,1-4H3. The number of fused-ring (bicyclic) bond motifs is 1. The van der Waals surface area contributed by atoms with Crippen LogP contribution in [0, 0.1) is 5.92 Å². The lowest BCUT2D eigenvalue weighted by Crippen LogP contribution is -2.17. The maximum Gasteiger partial charge on any atom is 0.121 e. The quantitative estimate of drug-likeness (QED) is 0.717. The summed E-state index contributed by atoms with van der Waals surface area (Å²) in [5.74, 6) is 1.52. The summed E-state index contributed by atoms with van der Waals surface area (Å²) < 4.78 is 5.52. The first kappa shape index (κ1) is 18.5. The van der Waals surface area contributed by atoms with Gasteiger partial charge in [0.1, 0.15) is 5.75 Å². The van der Waals surface area contributed by atoms with Gasteiger partial charge in [0.2, 0.25) is 0 Å². The van der Waals surface area contributed by atoms with Crippen LogP contribution in [-0.2, 0) is 6.42 Å². The summed E-state index contributed by atoms with van der Waals surface area (Å²) in [5, 5.41) is 4.78. The second kappa shape index (κ2) is 8.88. The van der Waals surface area contributed by atoms with Crippen molar-refractivity contribution in [2.75, 3.05) is 19.0 Å². The zero-order valence-corrected chi connectivity index (χ0v) is 15.4. The molecule has 0 aliphatic rings. The first-order chi connectivity index (χ1) is 11.6. The van der Waals surface area contributed by atoms with E-state index in [1.165, 1.54) is 17.4 Å². The van der Waals surface area contributed by atoms with Crippen LogP contribution < -0.4 is 15.8 Å². The van der Waals surface area contributed by atoms with Crippen molar-refractivity contribution in [3.05, 3.63) is 30.0 Å². The van der Waals surface area contributed by atoms with Crippen LogP contribution in [0.2, 0.25) is 0 Å². The zero-order chi connectivity index (χ0) is 17.5. The fraction of sp³-hybridized carbons (Fsp3) is 0.550. The second-order valence-electron chi connectivity index (χ2n) is 6.74. The van der Waals surface area contributed by atoms with Crippen LogP contribution in [0.3, 0.4) is 0 Å². The van der Waals surface area contributed by atoms with Gasteiger partial charge < -0.3 is 15.8 Å². The average molecular weight is 329 g/mol. The zero-order valence-electron chi connectivity index (χ0n) is 15.4. The van der Waals surface area contributed by atoms with Crippen molar-refractivity contribution in [3.8, 4) is 5.75 Å². The van der Waals surface area contributed by atoms with Crippen LogP contribution >= 0.6 is 0 Å². The molecule has 132 valence electrons. The van der Waals surface area contributed by atoms with E-state index in [9.17, 15) is 0 Å². The monoisotopic (exact) mass is 329 g/mol. The molecule has 4 heteroatoms. The van der Waals surface area contributed by atoms with Gasteiger partial charge in [0.25, 0.3) is 0 Å². The Morgan fingerprint density at radius 3 is 2.75 bits per heavy atom. The molecule has 1 aromatic heterocycles. The van der Waals surface area contributed by atoms with E-state index >= 15 is 0 Å². The lowest BCUT2D eigenvalue weighted by atomic mass is 9.96. The molecule has 0 aliphatic carbocycles. The van der Waals surface area contributed by atoms with Crippen LogP contribution in [0.1, 0.15) is 45.6 Å². The summed E-state index contributed by atoms with van der Waals surface area (Å²) in [5.41, 5.74) is 9.03. The van der Waals surface area contributed by atoms with Crippen molar-refractivity contribution in [2.24, 2.45) is 11.7 Å². The molecule has 24 heavy (non-hydrogen) atoms. The number of aromatic nitrogens is 1. The van der Waals surface area contributed by atoms with Gasteiger partial charge in [0.05, 0.1) is 18.3 Å². The number of benzene rings is 1. The van der Waals surface area contributed by atoms with Crippen molar-refractivity contribution < 1.29 is 4.74 Å². The number of hydrogen-bond donors (Lipinski definition) is 2. The maximum atomic E-state index is 5.63. The van der Waals surface area contributed by atoms with Crippen LogP contribution in [0.5, 0.6) is 5.75 Å². The van der Waals surface area contributed by atoms with E-state index in [1.807, 2.05) is 12.3 Å². The minimum Gasteiger partial charge on any atom is -0.497 e. The molecular formula is C20H31N3O. The van der Waals surface area contributed by atoms with Gasteiger partial charge in [-0.3, -0.25) is 4.98 Å². The Morgan fingerprint density at radius 2 is 2.08 bits per heavy atom. The van der Waals surface area contributed by atoms with Gasteiger partial charge in [-0.1, -0.05) is 20.3 Å². The van der Waals surface area contributed by atoms with Crippen LogP contribution in [-0.4, -0.2) is 24.7 Å². The van der Waals surface area contributed by atoms with Crippen molar-refractivity contribution in [3.63, 3.8) is 0 Å². The Labute approximate surface area is 145 Å². The summed E-state index contributed by atoms with van der Waals surface area (Å²) in [6, 6.07) is 6.64. The summed E-state index contributed by atoms with van der Waals surface area (Å²) in [7, 11) is 1.72. The molecule has 0 radical (unpaired) electrons. The normalized spacial score (nSPS) is 13.7. The van der Waals surface area contributed by atoms with Gasteiger partial charge in [0, 0.05) is 23.7 Å². The summed E-state index contributed by atoms with van der Waals surface area (Å²) >= 11 is 0. The molecule has 2 unspecified atom stereocenters. The molecule has 2 rings (SSSR count). The molecule has 0 fully saturated rings. The van der Waals surface area contributed by atoms with Gasteiger partial charge in [-0.25, -0.2) is 0 Å². The molecule has 0 saturated heterocycles. The Bertz CT molecular complexity index is 657. The van der Waals surface area contributed by atoms with E-state index in [-0.39, 0.29) is 0 Å². The number of nitrogens with two attached hydrogens (primary N) is 1. The summed E-state index contributed by atoms with van der Waals surface area (Å²) in [6.45, 7) is 7.44. The molecule has 2 atom stereocenters. The van der Waals surface area contributed by atoms with Crippen molar-refractivity contribution in [1.29, 1.82) is 0 Å². The third-order valence-electron chi connectivity index (χ3n) is 4.65. The highest BCUT2D eigenvalue weighted by molar-refractivity contribution is 5.94. The maximum absolute atomic E-state index is 5.63. The molecule has 0 aliphatic heterocycles. The predicted octanol–water partition coefficient (Wildman–Crippen LogP) is 4.37. The van der Waals surface area contributed by atoms with Crippen LogP contribution in [0.25, 0.3) is 10.9 Å². The third-order valence-corrected chi connectivity index (χ3v) is 4.65. The highest BCUT2D eigenvalue weighted by Gasteiger charge is 2.13. The number of nitrogens with one attached hydrogen (secondary N) is 1.